The third kappa shape index (κ3) is 2.36. The Labute approximate surface area is 121 Å². The van der Waals surface area contributed by atoms with E-state index in [-0.39, 0.29) is 18.6 Å². The Hall–Kier alpha value is -2.06. The average Bonchev–Trinajstić information content (AvgIpc) is 3.01. The quantitative estimate of drug-likeness (QED) is 0.821. The number of aliphatic hydroxyl groups excluding tert-OH is 1. The van der Waals surface area contributed by atoms with E-state index < -0.39 is 0 Å². The number of nitrogens with zero attached hydrogens (tertiary/aromatic N) is 5. The van der Waals surface area contributed by atoms with Gasteiger partial charge in [-0.25, -0.2) is 9.50 Å². The minimum Gasteiger partial charge on any atom is -0.394 e. The van der Waals surface area contributed by atoms with Gasteiger partial charge in [0.1, 0.15) is 6.33 Å². The number of morpholine rings is 1. The van der Waals surface area contributed by atoms with Gasteiger partial charge in [-0.2, -0.15) is 10.1 Å². The highest BCUT2D eigenvalue weighted by atomic mass is 16.5. The fraction of sp³-hybridized carbons (Fsp3) is 0.538. The highest BCUT2D eigenvalue weighted by Gasteiger charge is 2.29. The Balaban J connectivity index is 2.00. The second-order valence-electron chi connectivity index (χ2n) is 4.85. The van der Waals surface area contributed by atoms with Crippen molar-refractivity contribution in [1.29, 1.82) is 0 Å². The molecule has 1 unspecified atom stereocenters. The zero-order valence-corrected chi connectivity index (χ0v) is 11.8. The van der Waals surface area contributed by atoms with Crippen LogP contribution in [0.4, 0.5) is 0 Å². The zero-order chi connectivity index (χ0) is 14.8. The monoisotopic (exact) mass is 291 g/mol. The van der Waals surface area contributed by atoms with Crippen molar-refractivity contribution in [3.63, 3.8) is 0 Å². The van der Waals surface area contributed by atoms with Gasteiger partial charge in [0.25, 0.3) is 11.7 Å². The lowest BCUT2D eigenvalue weighted by Gasteiger charge is -2.34. The number of aryl methyl sites for hydroxylation is 1. The molecule has 8 nitrogen and oxygen atoms in total. The number of rotatable bonds is 3. The number of amides is 1. The van der Waals surface area contributed by atoms with Crippen molar-refractivity contribution in [3.05, 3.63) is 23.8 Å². The number of carbonyl (C=O) groups excluding carboxylic acids is 1. The van der Waals surface area contributed by atoms with Crippen LogP contribution in [0.15, 0.2) is 12.5 Å². The molecule has 1 aliphatic heterocycles. The van der Waals surface area contributed by atoms with E-state index in [1.165, 1.54) is 12.5 Å². The van der Waals surface area contributed by atoms with E-state index in [4.69, 9.17) is 4.74 Å². The highest BCUT2D eigenvalue weighted by molar-refractivity contribution is 5.95. The number of ether oxygens (including phenoxy) is 1. The van der Waals surface area contributed by atoms with Crippen LogP contribution in [-0.4, -0.2) is 67.9 Å². The second kappa shape index (κ2) is 5.74. The Kier molecular flexibility index (Phi) is 3.80. The van der Waals surface area contributed by atoms with Gasteiger partial charge in [-0.05, 0) is 6.42 Å². The molecule has 1 atom stereocenters. The van der Waals surface area contributed by atoms with E-state index >= 15 is 0 Å². The van der Waals surface area contributed by atoms with E-state index in [0.717, 1.165) is 5.69 Å². The Morgan fingerprint density at radius 1 is 1.52 bits per heavy atom. The second-order valence-corrected chi connectivity index (χ2v) is 4.85. The molecular weight excluding hydrogens is 274 g/mol. The lowest BCUT2D eigenvalue weighted by molar-refractivity contribution is -0.0184. The molecule has 0 spiro atoms. The smallest absolute Gasteiger partial charge is 0.257 e. The molecule has 0 radical (unpaired) electrons. The lowest BCUT2D eigenvalue weighted by Crippen LogP contribution is -2.50. The first-order valence-corrected chi connectivity index (χ1v) is 6.93. The summed E-state index contributed by atoms with van der Waals surface area (Å²) >= 11 is 0. The van der Waals surface area contributed by atoms with Crippen molar-refractivity contribution >= 4 is 11.7 Å². The zero-order valence-electron chi connectivity index (χ0n) is 11.8. The van der Waals surface area contributed by atoms with Gasteiger partial charge < -0.3 is 14.7 Å². The summed E-state index contributed by atoms with van der Waals surface area (Å²) in [5.74, 6) is 0.322. The predicted octanol–water partition coefficient (Wildman–Crippen LogP) is -0.480. The molecule has 3 rings (SSSR count). The van der Waals surface area contributed by atoms with Crippen LogP contribution in [-0.2, 0) is 11.2 Å². The summed E-state index contributed by atoms with van der Waals surface area (Å²) in [7, 11) is 0. The molecule has 21 heavy (non-hydrogen) atoms. The minimum atomic E-state index is -0.317. The lowest BCUT2D eigenvalue weighted by atomic mass is 10.1. The fourth-order valence-electron chi connectivity index (χ4n) is 2.57. The van der Waals surface area contributed by atoms with Crippen molar-refractivity contribution in [1.82, 2.24) is 24.5 Å². The molecule has 1 aliphatic rings. The van der Waals surface area contributed by atoms with E-state index in [1.54, 1.807) is 9.42 Å². The molecule has 0 aromatic carbocycles. The number of carbonyl (C=O) groups is 1. The SMILES string of the molecule is CCc1c(C(=O)N2CCOCC2CO)cnc2ncnn12. The molecule has 2 aromatic heterocycles. The molecule has 3 heterocycles. The summed E-state index contributed by atoms with van der Waals surface area (Å²) in [4.78, 5) is 22.6. The molecule has 112 valence electrons. The molecule has 0 aliphatic carbocycles. The third-order valence-corrected chi connectivity index (χ3v) is 3.67. The first kappa shape index (κ1) is 13.9. The molecule has 0 bridgehead atoms. The van der Waals surface area contributed by atoms with Gasteiger partial charge in [0.15, 0.2) is 0 Å². The maximum absolute atomic E-state index is 12.8. The van der Waals surface area contributed by atoms with Crippen LogP contribution in [0.2, 0.25) is 0 Å². The van der Waals surface area contributed by atoms with Crippen LogP contribution in [0.25, 0.3) is 5.78 Å². The Morgan fingerprint density at radius 3 is 3.14 bits per heavy atom. The van der Waals surface area contributed by atoms with Gasteiger partial charge >= 0.3 is 0 Å². The summed E-state index contributed by atoms with van der Waals surface area (Å²) in [6, 6.07) is -0.317. The molecule has 1 amide bonds. The largest absolute Gasteiger partial charge is 0.394 e. The van der Waals surface area contributed by atoms with Crippen LogP contribution in [0.1, 0.15) is 23.0 Å². The predicted molar refractivity (Wildman–Crippen MR) is 72.9 cm³/mol. The van der Waals surface area contributed by atoms with Crippen molar-refractivity contribution in [2.45, 2.75) is 19.4 Å². The molecule has 1 N–H and O–H groups in total. The summed E-state index contributed by atoms with van der Waals surface area (Å²) < 4.78 is 6.89. The Morgan fingerprint density at radius 2 is 2.38 bits per heavy atom. The van der Waals surface area contributed by atoms with Crippen molar-refractivity contribution in [2.24, 2.45) is 0 Å². The van der Waals surface area contributed by atoms with Gasteiger partial charge in [0.2, 0.25) is 0 Å². The van der Waals surface area contributed by atoms with Crippen molar-refractivity contribution < 1.29 is 14.6 Å². The molecule has 1 fully saturated rings. The average molecular weight is 291 g/mol. The van der Waals surface area contributed by atoms with E-state index in [2.05, 4.69) is 15.1 Å². The topological polar surface area (TPSA) is 92.9 Å². The number of aliphatic hydroxyl groups is 1. The van der Waals surface area contributed by atoms with Crippen molar-refractivity contribution in [2.75, 3.05) is 26.4 Å². The molecule has 0 saturated carbocycles. The molecule has 1 saturated heterocycles. The van der Waals surface area contributed by atoms with E-state index in [1.807, 2.05) is 6.92 Å². The summed E-state index contributed by atoms with van der Waals surface area (Å²) in [5.41, 5.74) is 1.27. The highest BCUT2D eigenvalue weighted by Crippen LogP contribution is 2.16. The summed E-state index contributed by atoms with van der Waals surface area (Å²) in [6.07, 6.45) is 3.59. The number of fused-ring (bicyclic) bond motifs is 1. The number of hydrogen-bond donors (Lipinski definition) is 1. The van der Waals surface area contributed by atoms with E-state index in [0.29, 0.717) is 37.5 Å². The third-order valence-electron chi connectivity index (χ3n) is 3.67. The minimum absolute atomic E-state index is 0.119. The maximum Gasteiger partial charge on any atom is 0.257 e. The van der Waals surface area contributed by atoms with Gasteiger partial charge in [-0.1, -0.05) is 6.92 Å². The first-order chi connectivity index (χ1) is 10.3. The van der Waals surface area contributed by atoms with E-state index in [9.17, 15) is 9.90 Å². The number of aromatic nitrogens is 4. The number of hydrogen-bond acceptors (Lipinski definition) is 6. The normalized spacial score (nSPS) is 19.1. The van der Waals surface area contributed by atoms with Gasteiger partial charge in [-0.3, -0.25) is 4.79 Å². The van der Waals surface area contributed by atoms with Crippen LogP contribution in [0.5, 0.6) is 0 Å². The van der Waals surface area contributed by atoms with Crippen LogP contribution in [0, 0.1) is 0 Å². The Bertz CT molecular complexity index is 656. The van der Waals surface area contributed by atoms with Gasteiger partial charge in [0, 0.05) is 12.7 Å². The van der Waals surface area contributed by atoms with Crippen LogP contribution >= 0.6 is 0 Å². The molecular formula is C13H17N5O3. The summed E-state index contributed by atoms with van der Waals surface area (Å²) in [5, 5.41) is 13.5. The van der Waals surface area contributed by atoms with Crippen molar-refractivity contribution in [3.8, 4) is 0 Å². The summed E-state index contributed by atoms with van der Waals surface area (Å²) in [6.45, 7) is 3.12. The van der Waals surface area contributed by atoms with Gasteiger partial charge in [-0.15, -0.1) is 0 Å². The first-order valence-electron chi connectivity index (χ1n) is 6.93. The standard InChI is InChI=1S/C13H17N5O3/c1-2-11-10(5-14-13-15-8-16-18(11)13)12(20)17-3-4-21-7-9(17)6-19/h5,8-9,19H,2-4,6-7H2,1H3. The maximum atomic E-state index is 12.8. The fourth-order valence-corrected chi connectivity index (χ4v) is 2.57. The molecule has 2 aromatic rings. The van der Waals surface area contributed by atoms with Crippen LogP contribution in [0.3, 0.4) is 0 Å². The van der Waals surface area contributed by atoms with Crippen LogP contribution < -0.4 is 0 Å². The molecule has 8 heteroatoms. The van der Waals surface area contributed by atoms with Gasteiger partial charge in [0.05, 0.1) is 37.1 Å².